The Bertz CT molecular complexity index is 461. The Morgan fingerprint density at radius 1 is 1.33 bits per heavy atom. The molecule has 0 amide bonds. The smallest absolute Gasteiger partial charge is 0.378 e. The van der Waals surface area contributed by atoms with E-state index in [4.69, 9.17) is 4.74 Å². The van der Waals surface area contributed by atoms with Crippen LogP contribution >= 0.6 is 0 Å². The fourth-order valence-electron chi connectivity index (χ4n) is 2.19. The van der Waals surface area contributed by atoms with Crippen LogP contribution in [0.15, 0.2) is 6.07 Å². The lowest BCUT2D eigenvalue weighted by molar-refractivity contribution is -0.141. The van der Waals surface area contributed by atoms with Crippen molar-refractivity contribution in [1.29, 1.82) is 0 Å². The molecule has 0 saturated carbocycles. The van der Waals surface area contributed by atoms with Crippen LogP contribution < -0.4 is 10.6 Å². The average molecular weight is 304 g/mol. The minimum absolute atomic E-state index is 0.0544. The summed E-state index contributed by atoms with van der Waals surface area (Å²) in [6, 6.07) is 0.919. The van der Waals surface area contributed by atoms with Gasteiger partial charge in [0, 0.05) is 26.3 Å². The van der Waals surface area contributed by atoms with Crippen molar-refractivity contribution in [2.75, 3.05) is 30.8 Å². The molecule has 2 rings (SSSR count). The van der Waals surface area contributed by atoms with Gasteiger partial charge in [-0.1, -0.05) is 0 Å². The van der Waals surface area contributed by atoms with Gasteiger partial charge in [-0.15, -0.1) is 0 Å². The average Bonchev–Trinajstić information content (AvgIpc) is 2.47. The minimum Gasteiger partial charge on any atom is -0.378 e. The van der Waals surface area contributed by atoms with Crippen molar-refractivity contribution in [3.63, 3.8) is 0 Å². The molecule has 1 fully saturated rings. The Labute approximate surface area is 121 Å². The number of anilines is 2. The highest BCUT2D eigenvalue weighted by molar-refractivity contribution is 5.42. The summed E-state index contributed by atoms with van der Waals surface area (Å²) >= 11 is 0. The fourth-order valence-corrected chi connectivity index (χ4v) is 2.19. The molecule has 1 aromatic rings. The van der Waals surface area contributed by atoms with E-state index in [2.05, 4.69) is 20.6 Å². The molecular weight excluding hydrogens is 285 g/mol. The number of ether oxygens (including phenoxy) is 1. The monoisotopic (exact) mass is 304 g/mol. The van der Waals surface area contributed by atoms with Crippen molar-refractivity contribution >= 4 is 11.8 Å². The van der Waals surface area contributed by atoms with Crippen molar-refractivity contribution in [2.45, 2.75) is 38.0 Å². The molecule has 1 saturated heterocycles. The summed E-state index contributed by atoms with van der Waals surface area (Å²) in [4.78, 5) is 7.38. The highest BCUT2D eigenvalue weighted by atomic mass is 19.4. The van der Waals surface area contributed by atoms with Crippen LogP contribution in [-0.4, -0.2) is 36.3 Å². The number of rotatable bonds is 5. The maximum atomic E-state index is 12.7. The zero-order valence-corrected chi connectivity index (χ0v) is 11.8. The first-order valence-corrected chi connectivity index (χ1v) is 6.98. The Balaban J connectivity index is 1.95. The van der Waals surface area contributed by atoms with Gasteiger partial charge in [0.1, 0.15) is 5.82 Å². The van der Waals surface area contributed by atoms with E-state index in [9.17, 15) is 13.2 Å². The van der Waals surface area contributed by atoms with Crippen molar-refractivity contribution < 1.29 is 17.9 Å². The molecule has 2 N–H and O–H groups in total. The van der Waals surface area contributed by atoms with Crippen molar-refractivity contribution in [1.82, 2.24) is 9.97 Å². The Morgan fingerprint density at radius 3 is 2.76 bits per heavy atom. The lowest BCUT2D eigenvalue weighted by Gasteiger charge is -2.22. The van der Waals surface area contributed by atoms with Gasteiger partial charge in [0.15, 0.2) is 5.69 Å². The molecule has 1 aliphatic heterocycles. The predicted octanol–water partition coefficient (Wildman–Crippen LogP) is 2.91. The summed E-state index contributed by atoms with van der Waals surface area (Å²) in [5.41, 5.74) is -0.960. The molecule has 2 heterocycles. The van der Waals surface area contributed by atoms with Gasteiger partial charge in [-0.3, -0.25) is 0 Å². The second-order valence-corrected chi connectivity index (χ2v) is 4.91. The summed E-state index contributed by atoms with van der Waals surface area (Å²) in [5, 5.41) is 5.44. The van der Waals surface area contributed by atoms with Crippen LogP contribution in [0.2, 0.25) is 0 Å². The number of hydrogen-bond donors (Lipinski definition) is 2. The first-order chi connectivity index (χ1) is 9.99. The van der Waals surface area contributed by atoms with E-state index in [0.717, 1.165) is 38.4 Å². The zero-order chi connectivity index (χ0) is 15.3. The van der Waals surface area contributed by atoms with Crippen LogP contribution in [0.3, 0.4) is 0 Å². The third-order valence-electron chi connectivity index (χ3n) is 3.29. The van der Waals surface area contributed by atoms with Gasteiger partial charge in [-0.2, -0.15) is 18.2 Å². The Morgan fingerprint density at radius 2 is 2.14 bits per heavy atom. The Kier molecular flexibility index (Phi) is 5.22. The van der Waals surface area contributed by atoms with Gasteiger partial charge in [-0.25, -0.2) is 4.98 Å². The van der Waals surface area contributed by atoms with E-state index in [0.29, 0.717) is 6.54 Å². The fraction of sp³-hybridized carbons (Fsp3) is 0.692. The van der Waals surface area contributed by atoms with Crippen LogP contribution in [0.5, 0.6) is 0 Å². The highest BCUT2D eigenvalue weighted by Gasteiger charge is 2.33. The van der Waals surface area contributed by atoms with Crippen LogP contribution in [-0.2, 0) is 10.9 Å². The number of halogens is 3. The maximum absolute atomic E-state index is 12.7. The van der Waals surface area contributed by atoms with Crippen molar-refractivity contribution in [3.8, 4) is 0 Å². The van der Waals surface area contributed by atoms with E-state index < -0.39 is 11.9 Å². The van der Waals surface area contributed by atoms with Gasteiger partial charge >= 0.3 is 6.18 Å². The molecule has 1 atom stereocenters. The topological polar surface area (TPSA) is 59.1 Å². The molecule has 1 unspecified atom stereocenters. The van der Waals surface area contributed by atoms with E-state index in [1.165, 1.54) is 7.05 Å². The molecule has 118 valence electrons. The summed E-state index contributed by atoms with van der Waals surface area (Å²) in [6.07, 6.45) is -0.339. The predicted molar refractivity (Wildman–Crippen MR) is 73.3 cm³/mol. The molecule has 0 spiro atoms. The third-order valence-corrected chi connectivity index (χ3v) is 3.29. The number of aromatic nitrogens is 2. The second kappa shape index (κ2) is 6.93. The molecule has 8 heteroatoms. The summed E-state index contributed by atoms with van der Waals surface area (Å²) in [7, 11) is 1.48. The van der Waals surface area contributed by atoms with Crippen LogP contribution in [0.25, 0.3) is 0 Å². The lowest BCUT2D eigenvalue weighted by Crippen LogP contribution is -2.22. The first kappa shape index (κ1) is 15.8. The number of alkyl halides is 3. The Hall–Kier alpha value is -1.57. The third kappa shape index (κ3) is 4.73. The number of nitrogens with zero attached hydrogens (tertiary/aromatic N) is 2. The molecule has 0 aliphatic carbocycles. The van der Waals surface area contributed by atoms with Gasteiger partial charge in [0.2, 0.25) is 5.95 Å². The molecular formula is C13H19F3N4O. The number of hydrogen-bond acceptors (Lipinski definition) is 5. The highest BCUT2D eigenvalue weighted by Crippen LogP contribution is 2.29. The SMILES string of the molecule is CNc1nc(NCCC2CCCCO2)cc(C(F)(F)F)n1. The van der Waals surface area contributed by atoms with Crippen LogP contribution in [0.4, 0.5) is 24.9 Å². The van der Waals surface area contributed by atoms with Crippen LogP contribution in [0.1, 0.15) is 31.4 Å². The van der Waals surface area contributed by atoms with Crippen molar-refractivity contribution in [3.05, 3.63) is 11.8 Å². The summed E-state index contributed by atoms with van der Waals surface area (Å²) in [6.45, 7) is 1.28. The molecule has 21 heavy (non-hydrogen) atoms. The van der Waals surface area contributed by atoms with Crippen LogP contribution in [0, 0.1) is 0 Å². The lowest BCUT2D eigenvalue weighted by atomic mass is 10.1. The molecule has 5 nitrogen and oxygen atoms in total. The maximum Gasteiger partial charge on any atom is 0.433 e. The summed E-state index contributed by atoms with van der Waals surface area (Å²) < 4.78 is 43.8. The van der Waals surface area contributed by atoms with Gasteiger partial charge in [0.05, 0.1) is 6.10 Å². The van der Waals surface area contributed by atoms with E-state index in [1.807, 2.05) is 0 Å². The van der Waals surface area contributed by atoms with Gasteiger partial charge in [0.25, 0.3) is 0 Å². The molecule has 0 bridgehead atoms. The molecule has 0 radical (unpaired) electrons. The molecule has 0 aromatic carbocycles. The normalized spacial score (nSPS) is 19.3. The van der Waals surface area contributed by atoms with E-state index in [-0.39, 0.29) is 17.9 Å². The zero-order valence-electron chi connectivity index (χ0n) is 11.8. The standard InChI is InChI=1S/C13H19F3N4O/c1-17-12-19-10(13(14,15)16)8-11(20-12)18-6-5-9-4-2-3-7-21-9/h8-9H,2-7H2,1H3,(H2,17,18,19,20). The van der Waals surface area contributed by atoms with E-state index >= 15 is 0 Å². The summed E-state index contributed by atoms with van der Waals surface area (Å²) in [5.74, 6) is 0.110. The van der Waals surface area contributed by atoms with Crippen molar-refractivity contribution in [2.24, 2.45) is 0 Å². The molecule has 1 aromatic heterocycles. The van der Waals surface area contributed by atoms with Gasteiger partial charge < -0.3 is 15.4 Å². The minimum atomic E-state index is -4.49. The first-order valence-electron chi connectivity index (χ1n) is 6.98. The second-order valence-electron chi connectivity index (χ2n) is 4.91. The largest absolute Gasteiger partial charge is 0.433 e. The quantitative estimate of drug-likeness (QED) is 0.876. The number of nitrogens with one attached hydrogen (secondary N) is 2. The molecule has 1 aliphatic rings. The van der Waals surface area contributed by atoms with E-state index in [1.54, 1.807) is 0 Å². The van der Waals surface area contributed by atoms with Gasteiger partial charge in [-0.05, 0) is 25.7 Å².